The fourth-order valence-electron chi connectivity index (χ4n) is 2.94. The van der Waals surface area contributed by atoms with Crippen molar-refractivity contribution in [2.45, 2.75) is 0 Å². The standard InChI is InChI=1S/C20H21N3O3/c24-19(10-11-20(25)26)21-16-6-8-18(9-7-16)23-14-12-22(13-15-23)17-4-2-1-3-5-17/h1-11H,12-15H2,(H,21,24)(H,25,26)/p-1/b11-10-. The molecule has 2 aromatic carbocycles. The predicted molar refractivity (Wildman–Crippen MR) is 100 cm³/mol. The van der Waals surface area contributed by atoms with E-state index in [1.165, 1.54) is 5.69 Å². The van der Waals surface area contributed by atoms with Crippen LogP contribution in [0.15, 0.2) is 66.7 Å². The molecule has 1 N–H and O–H groups in total. The van der Waals surface area contributed by atoms with Crippen LogP contribution in [0.25, 0.3) is 0 Å². The second-order valence-electron chi connectivity index (χ2n) is 6.00. The average molecular weight is 350 g/mol. The van der Waals surface area contributed by atoms with Crippen molar-refractivity contribution in [3.05, 3.63) is 66.7 Å². The molecule has 1 saturated heterocycles. The number of carboxylic acid groups (broad SMARTS) is 1. The molecule has 0 atom stereocenters. The lowest BCUT2D eigenvalue weighted by Gasteiger charge is -2.37. The lowest BCUT2D eigenvalue weighted by atomic mass is 10.2. The fraction of sp³-hybridized carbons (Fsp3) is 0.200. The number of hydrogen-bond acceptors (Lipinski definition) is 5. The number of nitrogens with one attached hydrogen (secondary N) is 1. The zero-order valence-electron chi connectivity index (χ0n) is 14.3. The normalized spacial score (nSPS) is 14.5. The van der Waals surface area contributed by atoms with Gasteiger partial charge in [-0.15, -0.1) is 0 Å². The van der Waals surface area contributed by atoms with Gasteiger partial charge in [0.15, 0.2) is 0 Å². The van der Waals surface area contributed by atoms with E-state index in [-0.39, 0.29) is 0 Å². The topological polar surface area (TPSA) is 75.7 Å². The van der Waals surface area contributed by atoms with Crippen LogP contribution in [-0.2, 0) is 9.59 Å². The Morgan fingerprint density at radius 3 is 1.88 bits per heavy atom. The van der Waals surface area contributed by atoms with E-state index in [0.29, 0.717) is 11.8 Å². The van der Waals surface area contributed by atoms with Crippen LogP contribution in [0.4, 0.5) is 17.1 Å². The molecule has 0 aromatic heterocycles. The van der Waals surface area contributed by atoms with Crippen molar-refractivity contribution in [1.82, 2.24) is 0 Å². The molecule has 1 aliphatic rings. The lowest BCUT2D eigenvalue weighted by Crippen LogP contribution is -2.46. The first-order chi connectivity index (χ1) is 12.6. The molecule has 1 amide bonds. The molecule has 0 spiro atoms. The first-order valence-corrected chi connectivity index (χ1v) is 8.47. The zero-order valence-corrected chi connectivity index (χ0v) is 14.3. The van der Waals surface area contributed by atoms with Crippen LogP contribution in [0.1, 0.15) is 0 Å². The van der Waals surface area contributed by atoms with E-state index in [4.69, 9.17) is 0 Å². The smallest absolute Gasteiger partial charge is 0.248 e. The van der Waals surface area contributed by atoms with Crippen molar-refractivity contribution < 1.29 is 14.7 Å². The molecule has 2 aromatic rings. The van der Waals surface area contributed by atoms with Crippen LogP contribution < -0.4 is 20.2 Å². The summed E-state index contributed by atoms with van der Waals surface area (Å²) in [7, 11) is 0. The van der Waals surface area contributed by atoms with E-state index in [9.17, 15) is 14.7 Å². The van der Waals surface area contributed by atoms with E-state index in [0.717, 1.165) is 37.9 Å². The number of piperazine rings is 1. The summed E-state index contributed by atoms with van der Waals surface area (Å²) in [6.07, 6.45) is 1.64. The summed E-state index contributed by atoms with van der Waals surface area (Å²) in [6.45, 7) is 3.76. The maximum atomic E-state index is 11.6. The van der Waals surface area contributed by atoms with Gasteiger partial charge in [-0.25, -0.2) is 0 Å². The number of amides is 1. The van der Waals surface area contributed by atoms with E-state index >= 15 is 0 Å². The second kappa shape index (κ2) is 8.20. The highest BCUT2D eigenvalue weighted by Crippen LogP contribution is 2.22. The van der Waals surface area contributed by atoms with E-state index in [1.807, 2.05) is 30.3 Å². The van der Waals surface area contributed by atoms with Gasteiger partial charge in [-0.05, 0) is 42.5 Å². The largest absolute Gasteiger partial charge is 0.545 e. The molecule has 6 heteroatoms. The van der Waals surface area contributed by atoms with Crippen LogP contribution in [-0.4, -0.2) is 38.1 Å². The number of para-hydroxylation sites is 1. The highest BCUT2D eigenvalue weighted by atomic mass is 16.4. The van der Waals surface area contributed by atoms with Gasteiger partial charge in [0, 0.05) is 49.3 Å². The molecule has 0 bridgehead atoms. The Hall–Kier alpha value is -3.28. The minimum Gasteiger partial charge on any atom is -0.545 e. The Morgan fingerprint density at radius 1 is 0.808 bits per heavy atom. The molecule has 0 radical (unpaired) electrons. The SMILES string of the molecule is O=C([O-])/C=C\C(=O)Nc1ccc(N2CCN(c3ccccc3)CC2)cc1. The van der Waals surface area contributed by atoms with Gasteiger partial charge in [-0.1, -0.05) is 18.2 Å². The first-order valence-electron chi connectivity index (χ1n) is 8.47. The Balaban J connectivity index is 1.55. The summed E-state index contributed by atoms with van der Waals surface area (Å²) in [4.78, 5) is 26.5. The molecule has 0 unspecified atom stereocenters. The van der Waals surface area contributed by atoms with Crippen LogP contribution in [0.3, 0.4) is 0 Å². The van der Waals surface area contributed by atoms with Crippen molar-refractivity contribution in [1.29, 1.82) is 0 Å². The van der Waals surface area contributed by atoms with Gasteiger partial charge in [-0.3, -0.25) is 4.79 Å². The minimum absolute atomic E-state index is 0.501. The first kappa shape index (κ1) is 17.5. The number of hydrogen-bond donors (Lipinski definition) is 1. The van der Waals surface area contributed by atoms with E-state index in [1.54, 1.807) is 0 Å². The van der Waals surface area contributed by atoms with Gasteiger partial charge in [0.05, 0.1) is 5.97 Å². The highest BCUT2D eigenvalue weighted by molar-refractivity contribution is 6.02. The third kappa shape index (κ3) is 4.63. The third-order valence-corrected chi connectivity index (χ3v) is 4.27. The van der Waals surface area contributed by atoms with Gasteiger partial charge in [-0.2, -0.15) is 0 Å². The minimum atomic E-state index is -1.40. The third-order valence-electron chi connectivity index (χ3n) is 4.27. The maximum absolute atomic E-state index is 11.6. The number of carbonyl (C=O) groups is 2. The summed E-state index contributed by atoms with van der Waals surface area (Å²) in [5.74, 6) is -1.90. The molecule has 134 valence electrons. The molecule has 6 nitrogen and oxygen atoms in total. The van der Waals surface area contributed by atoms with Crippen LogP contribution in [0.5, 0.6) is 0 Å². The molecule has 0 saturated carbocycles. The number of nitrogens with zero attached hydrogens (tertiary/aromatic N) is 2. The second-order valence-corrected chi connectivity index (χ2v) is 6.00. The van der Waals surface area contributed by atoms with Crippen molar-refractivity contribution >= 4 is 28.9 Å². The number of benzene rings is 2. The molecular weight excluding hydrogens is 330 g/mol. The molecular formula is C20H20N3O3-. The van der Waals surface area contributed by atoms with Gasteiger partial charge < -0.3 is 25.0 Å². The van der Waals surface area contributed by atoms with Gasteiger partial charge >= 0.3 is 0 Å². The summed E-state index contributed by atoms with van der Waals surface area (Å²) in [6, 6.07) is 17.9. The quantitative estimate of drug-likeness (QED) is 0.822. The number of anilines is 3. The maximum Gasteiger partial charge on any atom is 0.248 e. The van der Waals surface area contributed by atoms with Gasteiger partial charge in [0.2, 0.25) is 5.91 Å². The Bertz CT molecular complexity index is 780. The van der Waals surface area contributed by atoms with Crippen molar-refractivity contribution in [3.8, 4) is 0 Å². The van der Waals surface area contributed by atoms with Crippen molar-refractivity contribution in [3.63, 3.8) is 0 Å². The van der Waals surface area contributed by atoms with Crippen molar-refractivity contribution in [2.75, 3.05) is 41.3 Å². The van der Waals surface area contributed by atoms with Gasteiger partial charge in [0.25, 0.3) is 0 Å². The fourth-order valence-corrected chi connectivity index (χ4v) is 2.94. The van der Waals surface area contributed by atoms with Crippen molar-refractivity contribution in [2.24, 2.45) is 0 Å². The summed E-state index contributed by atoms with van der Waals surface area (Å²) >= 11 is 0. The molecule has 0 aliphatic carbocycles. The predicted octanol–water partition coefficient (Wildman–Crippen LogP) is 1.26. The lowest BCUT2D eigenvalue weighted by molar-refractivity contribution is -0.297. The number of aliphatic carboxylic acids is 1. The Kier molecular flexibility index (Phi) is 5.53. The summed E-state index contributed by atoms with van der Waals surface area (Å²) in [5.41, 5.74) is 2.96. The Labute approximate surface area is 152 Å². The number of carbonyl (C=O) groups excluding carboxylic acids is 2. The van der Waals surface area contributed by atoms with Crippen LogP contribution in [0, 0.1) is 0 Å². The van der Waals surface area contributed by atoms with E-state index in [2.05, 4.69) is 39.4 Å². The Morgan fingerprint density at radius 2 is 1.35 bits per heavy atom. The van der Waals surface area contributed by atoms with Crippen LogP contribution in [0.2, 0.25) is 0 Å². The summed E-state index contributed by atoms with van der Waals surface area (Å²) in [5, 5.41) is 12.9. The number of carboxylic acids is 1. The summed E-state index contributed by atoms with van der Waals surface area (Å²) < 4.78 is 0. The average Bonchev–Trinajstić information content (AvgIpc) is 2.68. The van der Waals surface area contributed by atoms with Crippen LogP contribution >= 0.6 is 0 Å². The van der Waals surface area contributed by atoms with E-state index < -0.39 is 11.9 Å². The molecule has 3 rings (SSSR count). The highest BCUT2D eigenvalue weighted by Gasteiger charge is 2.17. The molecule has 1 heterocycles. The number of rotatable bonds is 5. The zero-order chi connectivity index (χ0) is 18.4. The molecule has 26 heavy (non-hydrogen) atoms. The molecule has 1 fully saturated rings. The van der Waals surface area contributed by atoms with Gasteiger partial charge in [0.1, 0.15) is 0 Å². The monoisotopic (exact) mass is 350 g/mol. The molecule has 1 aliphatic heterocycles.